The number of unbranched alkanes of at least 4 members (excludes halogenated alkanes) is 18. The highest BCUT2D eigenvalue weighted by Crippen LogP contribution is 2.40. The summed E-state index contributed by atoms with van der Waals surface area (Å²) in [6.45, 7) is 8.58. The molecule has 5 nitrogen and oxygen atoms in total. The van der Waals surface area contributed by atoms with Gasteiger partial charge in [0.05, 0.1) is 5.92 Å². The summed E-state index contributed by atoms with van der Waals surface area (Å²) in [6.07, 6.45) is 60.7. The second-order valence-electron chi connectivity index (χ2n) is 18.7. The number of rotatable bonds is 38. The molecule has 0 bridgehead atoms. The number of allylic oxidation sites excluding steroid dienone is 10. The van der Waals surface area contributed by atoms with E-state index in [1.165, 1.54) is 128 Å². The lowest BCUT2D eigenvalue weighted by molar-refractivity contribution is -0.158. The van der Waals surface area contributed by atoms with Gasteiger partial charge in [0.15, 0.2) is 0 Å². The Hall–Kier alpha value is -2.40. The number of esters is 2. The van der Waals surface area contributed by atoms with Gasteiger partial charge in [-0.2, -0.15) is 0 Å². The summed E-state index contributed by atoms with van der Waals surface area (Å²) < 4.78 is 12.6. The monoisotopic (exact) mass is 848 g/mol. The Morgan fingerprint density at radius 3 is 1.52 bits per heavy atom. The molecule has 1 heterocycles. The van der Waals surface area contributed by atoms with Crippen LogP contribution in [0.2, 0.25) is 0 Å². The summed E-state index contributed by atoms with van der Waals surface area (Å²) >= 11 is 0. The Morgan fingerprint density at radius 1 is 0.557 bits per heavy atom. The largest absolute Gasteiger partial charge is 0.462 e. The molecule has 61 heavy (non-hydrogen) atoms. The molecule has 0 aromatic rings. The van der Waals surface area contributed by atoms with Gasteiger partial charge in [-0.15, -0.1) is 0 Å². The molecule has 1 aliphatic carbocycles. The smallest absolute Gasteiger partial charge is 0.309 e. The van der Waals surface area contributed by atoms with Gasteiger partial charge in [-0.1, -0.05) is 159 Å². The average Bonchev–Trinajstić information content (AvgIpc) is 3.62. The summed E-state index contributed by atoms with van der Waals surface area (Å²) in [4.78, 5) is 29.2. The van der Waals surface area contributed by atoms with Crippen LogP contribution in [0.25, 0.3) is 0 Å². The topological polar surface area (TPSA) is 55.8 Å². The van der Waals surface area contributed by atoms with E-state index in [0.717, 1.165) is 90.1 Å². The first-order valence-corrected chi connectivity index (χ1v) is 26.3. The second-order valence-corrected chi connectivity index (χ2v) is 18.7. The van der Waals surface area contributed by atoms with Crippen molar-refractivity contribution in [2.45, 2.75) is 245 Å². The van der Waals surface area contributed by atoms with E-state index in [1.807, 2.05) is 0 Å². The molecule has 1 saturated heterocycles. The van der Waals surface area contributed by atoms with Crippen LogP contribution in [0, 0.1) is 17.8 Å². The van der Waals surface area contributed by atoms with Gasteiger partial charge in [-0.3, -0.25) is 9.59 Å². The molecule has 0 spiro atoms. The minimum atomic E-state index is -0.0983. The second kappa shape index (κ2) is 39.2. The predicted molar refractivity (Wildman–Crippen MR) is 263 cm³/mol. The van der Waals surface area contributed by atoms with Crippen molar-refractivity contribution in [1.29, 1.82) is 0 Å². The van der Waals surface area contributed by atoms with Gasteiger partial charge in [0.2, 0.25) is 0 Å². The number of piperidine rings is 1. The molecule has 2 rings (SSSR count). The van der Waals surface area contributed by atoms with Crippen LogP contribution < -0.4 is 0 Å². The highest BCUT2D eigenvalue weighted by Gasteiger charge is 2.40. The van der Waals surface area contributed by atoms with Crippen LogP contribution >= 0.6 is 0 Å². The molecule has 3 unspecified atom stereocenters. The summed E-state index contributed by atoms with van der Waals surface area (Å²) in [7, 11) is 2.12. The number of nitrogens with zero attached hydrogens (tertiary/aromatic N) is 1. The Balaban J connectivity index is 1.78. The molecule has 0 N–H and O–H groups in total. The van der Waals surface area contributed by atoms with Crippen LogP contribution in [-0.4, -0.2) is 49.2 Å². The van der Waals surface area contributed by atoms with E-state index in [1.54, 1.807) is 0 Å². The normalized spacial score (nSPS) is 19.3. The van der Waals surface area contributed by atoms with E-state index in [-0.39, 0.29) is 41.9 Å². The Kier molecular flexibility index (Phi) is 35.2. The van der Waals surface area contributed by atoms with Gasteiger partial charge >= 0.3 is 11.9 Å². The van der Waals surface area contributed by atoms with Crippen LogP contribution in [0.5, 0.6) is 0 Å². The van der Waals surface area contributed by atoms with Crippen molar-refractivity contribution < 1.29 is 19.1 Å². The summed E-state index contributed by atoms with van der Waals surface area (Å²) in [5, 5.41) is 0. The average molecular weight is 848 g/mol. The molecule has 3 atom stereocenters. The van der Waals surface area contributed by atoms with Crippen molar-refractivity contribution in [1.82, 2.24) is 4.90 Å². The third-order valence-corrected chi connectivity index (χ3v) is 13.2. The predicted octanol–water partition coefficient (Wildman–Crippen LogP) is 16.3. The fraction of sp³-hybridized carbons (Fsp3) is 0.786. The molecule has 0 aromatic carbocycles. The van der Waals surface area contributed by atoms with Crippen molar-refractivity contribution in [3.63, 3.8) is 0 Å². The first kappa shape index (κ1) is 54.7. The first-order chi connectivity index (χ1) is 30.0. The molecule has 2 fully saturated rings. The Labute approximate surface area is 378 Å². The van der Waals surface area contributed by atoms with Crippen molar-refractivity contribution in [2.75, 3.05) is 20.1 Å². The van der Waals surface area contributed by atoms with Crippen molar-refractivity contribution in [3.8, 4) is 0 Å². The Bertz CT molecular complexity index is 1140. The van der Waals surface area contributed by atoms with Crippen LogP contribution in [0.4, 0.5) is 0 Å². The number of hydrogen-bond donors (Lipinski definition) is 0. The van der Waals surface area contributed by atoms with Gasteiger partial charge < -0.3 is 14.4 Å². The third kappa shape index (κ3) is 29.6. The van der Waals surface area contributed by atoms with Crippen LogP contribution in [0.15, 0.2) is 60.8 Å². The fourth-order valence-electron chi connectivity index (χ4n) is 9.19. The maximum Gasteiger partial charge on any atom is 0.309 e. The van der Waals surface area contributed by atoms with Crippen molar-refractivity contribution in [3.05, 3.63) is 60.8 Å². The lowest BCUT2D eigenvalue weighted by Crippen LogP contribution is -2.36. The SMILES string of the molecule is CC/C=C\CC1C(CC(=O)OC(CCCCCCCC/C=C\C/C=C\CCCCC)CCCCCCCC/C=C\C/C=C\CCCCC)CCC1OC(=O)C1CCN(C)CC1. The van der Waals surface area contributed by atoms with E-state index in [0.29, 0.717) is 6.42 Å². The fourth-order valence-corrected chi connectivity index (χ4v) is 9.19. The van der Waals surface area contributed by atoms with Crippen LogP contribution in [0.3, 0.4) is 0 Å². The molecule has 1 saturated carbocycles. The maximum absolute atomic E-state index is 13.7. The lowest BCUT2D eigenvalue weighted by atomic mass is 9.88. The number of likely N-dealkylation sites (tertiary alicyclic amines) is 1. The lowest BCUT2D eigenvalue weighted by Gasteiger charge is -2.30. The summed E-state index contributed by atoms with van der Waals surface area (Å²) in [5.41, 5.74) is 0. The van der Waals surface area contributed by atoms with Crippen molar-refractivity contribution >= 4 is 11.9 Å². The zero-order valence-corrected chi connectivity index (χ0v) is 40.5. The van der Waals surface area contributed by atoms with E-state index >= 15 is 0 Å². The molecule has 0 radical (unpaired) electrons. The van der Waals surface area contributed by atoms with Gasteiger partial charge in [0, 0.05) is 12.3 Å². The molecule has 5 heteroatoms. The van der Waals surface area contributed by atoms with E-state index in [2.05, 4.69) is 93.5 Å². The number of carbonyl (C=O) groups excluding carboxylic acids is 2. The minimum Gasteiger partial charge on any atom is -0.462 e. The van der Waals surface area contributed by atoms with Gasteiger partial charge in [-0.05, 0) is 154 Å². The molecule has 0 amide bonds. The molecule has 350 valence electrons. The quantitative estimate of drug-likeness (QED) is 0.0352. The van der Waals surface area contributed by atoms with E-state index < -0.39 is 0 Å². The maximum atomic E-state index is 13.7. The molecule has 0 aromatic heterocycles. The van der Waals surface area contributed by atoms with E-state index in [9.17, 15) is 9.59 Å². The van der Waals surface area contributed by atoms with Crippen LogP contribution in [-0.2, 0) is 19.1 Å². The molecular formula is C56H97NO4. The summed E-state index contributed by atoms with van der Waals surface area (Å²) in [6, 6.07) is 0. The summed E-state index contributed by atoms with van der Waals surface area (Å²) in [5.74, 6) is 0.333. The first-order valence-electron chi connectivity index (χ1n) is 26.3. The Morgan fingerprint density at radius 2 is 1.03 bits per heavy atom. The molecular weight excluding hydrogens is 751 g/mol. The minimum absolute atomic E-state index is 0.00641. The van der Waals surface area contributed by atoms with Gasteiger partial charge in [0.25, 0.3) is 0 Å². The number of ether oxygens (including phenoxy) is 2. The van der Waals surface area contributed by atoms with Crippen molar-refractivity contribution in [2.24, 2.45) is 17.8 Å². The zero-order chi connectivity index (χ0) is 43.9. The van der Waals surface area contributed by atoms with Crippen LogP contribution in [0.1, 0.15) is 233 Å². The highest BCUT2D eigenvalue weighted by molar-refractivity contribution is 5.73. The standard InChI is InChI=1S/C56H97NO4/c1-5-8-11-13-15-17-19-21-23-25-27-29-31-33-35-38-40-52(41-39-36-34-32-30-28-26-24-22-20-18-16-14-12-9-6-2)60-55(58)49-51-43-44-54(53(51)42-37-10-7-3)61-56(59)50-45-47-57(4)48-46-50/h10,15-18,21-24,37,50-54H,5-9,11-14,19-20,25-36,38-49H2,1-4H3/b17-15-,18-16-,23-21-,24-22-,37-10-. The van der Waals surface area contributed by atoms with Gasteiger partial charge in [-0.25, -0.2) is 0 Å². The van der Waals surface area contributed by atoms with E-state index in [4.69, 9.17) is 9.47 Å². The molecule has 2 aliphatic rings. The third-order valence-electron chi connectivity index (χ3n) is 13.2. The number of hydrogen-bond acceptors (Lipinski definition) is 5. The highest BCUT2D eigenvalue weighted by atomic mass is 16.5. The number of carbonyl (C=O) groups is 2. The zero-order valence-electron chi connectivity index (χ0n) is 40.5. The van der Waals surface area contributed by atoms with Gasteiger partial charge in [0.1, 0.15) is 12.2 Å². The molecule has 1 aliphatic heterocycles.